The first kappa shape index (κ1) is 13.0. The summed E-state index contributed by atoms with van der Waals surface area (Å²) in [7, 11) is 3.23. The van der Waals surface area contributed by atoms with Gasteiger partial charge < -0.3 is 9.47 Å². The molecule has 0 saturated heterocycles. The monoisotopic (exact) mass is 256 g/mol. The van der Waals surface area contributed by atoms with Crippen molar-refractivity contribution in [3.63, 3.8) is 0 Å². The molecule has 4 nitrogen and oxygen atoms in total. The van der Waals surface area contributed by atoms with Crippen LogP contribution in [0.5, 0.6) is 11.5 Å². The predicted molar refractivity (Wildman–Crippen MR) is 77.2 cm³/mol. The fourth-order valence-corrected chi connectivity index (χ4v) is 1.63. The Morgan fingerprint density at radius 1 is 0.947 bits per heavy atom. The van der Waals surface area contributed by atoms with Gasteiger partial charge in [0.15, 0.2) is 11.5 Å². The van der Waals surface area contributed by atoms with E-state index in [9.17, 15) is 0 Å². The molecule has 0 fully saturated rings. The van der Waals surface area contributed by atoms with E-state index in [0.29, 0.717) is 11.5 Å². The molecular weight excluding hydrogens is 240 g/mol. The van der Waals surface area contributed by atoms with E-state index >= 15 is 0 Å². The zero-order chi connectivity index (χ0) is 13.5. The highest BCUT2D eigenvalue weighted by atomic mass is 16.5. The van der Waals surface area contributed by atoms with Crippen molar-refractivity contribution in [1.82, 2.24) is 0 Å². The maximum Gasteiger partial charge on any atom is 0.161 e. The Morgan fingerprint density at radius 3 is 2.37 bits per heavy atom. The second-order valence-corrected chi connectivity index (χ2v) is 3.85. The van der Waals surface area contributed by atoms with Crippen LogP contribution in [0, 0.1) is 0 Å². The molecule has 0 unspecified atom stereocenters. The predicted octanol–water partition coefficient (Wildman–Crippen LogP) is 3.15. The molecule has 0 saturated carbocycles. The Kier molecular flexibility index (Phi) is 4.39. The molecular formula is C15H16N2O2. The van der Waals surface area contributed by atoms with E-state index in [1.165, 1.54) is 0 Å². The standard InChI is InChI=1S/C15H16N2O2/c1-18-14-9-8-12(10-15(14)19-2)11-16-17-13-6-4-3-5-7-13/h3-11,17H,1-2H3/b16-11-. The lowest BCUT2D eigenvalue weighted by Gasteiger charge is -2.07. The fourth-order valence-electron chi connectivity index (χ4n) is 1.63. The molecule has 0 aromatic heterocycles. The average Bonchev–Trinajstić information content (AvgIpc) is 2.48. The van der Waals surface area contributed by atoms with Crippen molar-refractivity contribution in [1.29, 1.82) is 0 Å². The Hall–Kier alpha value is -2.49. The topological polar surface area (TPSA) is 42.8 Å². The number of hydrogen-bond donors (Lipinski definition) is 1. The molecule has 0 bridgehead atoms. The molecule has 19 heavy (non-hydrogen) atoms. The van der Waals surface area contributed by atoms with E-state index in [-0.39, 0.29) is 0 Å². The normalized spacial score (nSPS) is 10.4. The number of ether oxygens (including phenoxy) is 2. The number of hydrazone groups is 1. The van der Waals surface area contributed by atoms with Gasteiger partial charge >= 0.3 is 0 Å². The van der Waals surface area contributed by atoms with Gasteiger partial charge in [-0.15, -0.1) is 0 Å². The van der Waals surface area contributed by atoms with E-state index in [4.69, 9.17) is 9.47 Å². The van der Waals surface area contributed by atoms with Crippen molar-refractivity contribution in [2.75, 3.05) is 19.6 Å². The van der Waals surface area contributed by atoms with Crippen LogP contribution >= 0.6 is 0 Å². The van der Waals surface area contributed by atoms with Gasteiger partial charge in [-0.2, -0.15) is 5.10 Å². The Bertz CT molecular complexity index is 553. The summed E-state index contributed by atoms with van der Waals surface area (Å²) in [6, 6.07) is 15.4. The molecule has 98 valence electrons. The molecule has 1 N–H and O–H groups in total. The number of methoxy groups -OCH3 is 2. The molecule has 0 atom stereocenters. The first-order chi connectivity index (χ1) is 9.33. The number of anilines is 1. The number of nitrogens with one attached hydrogen (secondary N) is 1. The molecule has 0 radical (unpaired) electrons. The SMILES string of the molecule is COc1ccc(/C=N\Nc2ccccc2)cc1OC. The summed E-state index contributed by atoms with van der Waals surface area (Å²) in [6.07, 6.45) is 1.73. The molecule has 0 aliphatic rings. The first-order valence-electron chi connectivity index (χ1n) is 5.89. The van der Waals surface area contributed by atoms with E-state index < -0.39 is 0 Å². The van der Waals surface area contributed by atoms with E-state index in [0.717, 1.165) is 11.3 Å². The minimum Gasteiger partial charge on any atom is -0.493 e. The summed E-state index contributed by atoms with van der Waals surface area (Å²) in [4.78, 5) is 0. The number of rotatable bonds is 5. The van der Waals surface area contributed by atoms with Gasteiger partial charge in [-0.3, -0.25) is 5.43 Å². The number of para-hydroxylation sites is 1. The van der Waals surface area contributed by atoms with Crippen molar-refractivity contribution < 1.29 is 9.47 Å². The van der Waals surface area contributed by atoms with E-state index in [1.54, 1.807) is 20.4 Å². The van der Waals surface area contributed by atoms with Gasteiger partial charge in [-0.05, 0) is 35.9 Å². The summed E-state index contributed by atoms with van der Waals surface area (Å²) in [6.45, 7) is 0. The molecule has 4 heteroatoms. The summed E-state index contributed by atoms with van der Waals surface area (Å²) < 4.78 is 10.4. The lowest BCUT2D eigenvalue weighted by atomic mass is 10.2. The van der Waals surface area contributed by atoms with Crippen LogP contribution in [-0.2, 0) is 0 Å². The van der Waals surface area contributed by atoms with Gasteiger partial charge in [0.05, 0.1) is 26.1 Å². The van der Waals surface area contributed by atoms with Crippen molar-refractivity contribution >= 4 is 11.9 Å². The third kappa shape index (κ3) is 3.48. The number of benzene rings is 2. The highest BCUT2D eigenvalue weighted by Crippen LogP contribution is 2.26. The number of hydrogen-bond acceptors (Lipinski definition) is 4. The van der Waals surface area contributed by atoms with Crippen molar-refractivity contribution in [2.45, 2.75) is 0 Å². The molecule has 0 aliphatic heterocycles. The smallest absolute Gasteiger partial charge is 0.161 e. The molecule has 0 heterocycles. The minimum absolute atomic E-state index is 0.686. The van der Waals surface area contributed by atoms with Crippen LogP contribution in [-0.4, -0.2) is 20.4 Å². The van der Waals surface area contributed by atoms with Crippen LogP contribution in [0.25, 0.3) is 0 Å². The van der Waals surface area contributed by atoms with Gasteiger partial charge in [0, 0.05) is 0 Å². The van der Waals surface area contributed by atoms with Crippen LogP contribution < -0.4 is 14.9 Å². The molecule has 2 aromatic carbocycles. The van der Waals surface area contributed by atoms with E-state index in [1.807, 2.05) is 48.5 Å². The van der Waals surface area contributed by atoms with Gasteiger partial charge in [0.2, 0.25) is 0 Å². The van der Waals surface area contributed by atoms with Crippen LogP contribution in [0.4, 0.5) is 5.69 Å². The van der Waals surface area contributed by atoms with Crippen LogP contribution in [0.3, 0.4) is 0 Å². The second-order valence-electron chi connectivity index (χ2n) is 3.85. The third-order valence-corrected chi connectivity index (χ3v) is 2.59. The lowest BCUT2D eigenvalue weighted by molar-refractivity contribution is 0.355. The molecule has 2 aromatic rings. The summed E-state index contributed by atoms with van der Waals surface area (Å²) >= 11 is 0. The van der Waals surface area contributed by atoms with Gasteiger partial charge in [-0.25, -0.2) is 0 Å². The van der Waals surface area contributed by atoms with Crippen molar-refractivity contribution in [3.8, 4) is 11.5 Å². The van der Waals surface area contributed by atoms with Crippen LogP contribution in [0.15, 0.2) is 53.6 Å². The summed E-state index contributed by atoms with van der Waals surface area (Å²) in [5.74, 6) is 1.39. The maximum atomic E-state index is 5.23. The van der Waals surface area contributed by atoms with Gasteiger partial charge in [0.1, 0.15) is 0 Å². The van der Waals surface area contributed by atoms with Gasteiger partial charge in [-0.1, -0.05) is 18.2 Å². The summed E-state index contributed by atoms with van der Waals surface area (Å²) in [5.41, 5.74) is 4.83. The second kappa shape index (κ2) is 6.44. The highest BCUT2D eigenvalue weighted by Gasteiger charge is 2.02. The minimum atomic E-state index is 0.686. The van der Waals surface area contributed by atoms with Crippen LogP contribution in [0.1, 0.15) is 5.56 Å². The van der Waals surface area contributed by atoms with Gasteiger partial charge in [0.25, 0.3) is 0 Å². The summed E-state index contributed by atoms with van der Waals surface area (Å²) in [5, 5.41) is 4.17. The lowest BCUT2D eigenvalue weighted by Crippen LogP contribution is -1.93. The maximum absolute atomic E-state index is 5.23. The van der Waals surface area contributed by atoms with E-state index in [2.05, 4.69) is 10.5 Å². The molecule has 0 spiro atoms. The third-order valence-electron chi connectivity index (χ3n) is 2.59. The molecule has 0 aliphatic carbocycles. The van der Waals surface area contributed by atoms with Crippen LogP contribution in [0.2, 0.25) is 0 Å². The highest BCUT2D eigenvalue weighted by molar-refractivity contribution is 5.81. The largest absolute Gasteiger partial charge is 0.493 e. The average molecular weight is 256 g/mol. The molecule has 2 rings (SSSR count). The zero-order valence-corrected chi connectivity index (χ0v) is 11.0. The Labute approximate surface area is 112 Å². The van der Waals surface area contributed by atoms with Crippen molar-refractivity contribution in [3.05, 3.63) is 54.1 Å². The Balaban J connectivity index is 2.07. The Morgan fingerprint density at radius 2 is 1.68 bits per heavy atom. The molecule has 0 amide bonds. The zero-order valence-electron chi connectivity index (χ0n) is 11.0. The quantitative estimate of drug-likeness (QED) is 0.660. The fraction of sp³-hybridized carbons (Fsp3) is 0.133. The first-order valence-corrected chi connectivity index (χ1v) is 5.89. The van der Waals surface area contributed by atoms with Crippen molar-refractivity contribution in [2.24, 2.45) is 5.10 Å². The number of nitrogens with zero attached hydrogens (tertiary/aromatic N) is 1.